The van der Waals surface area contributed by atoms with Crippen LogP contribution in [0.3, 0.4) is 0 Å². The number of aromatic nitrogens is 2. The quantitative estimate of drug-likeness (QED) is 0.642. The number of nitrogens with one attached hydrogen (secondary N) is 2. The summed E-state index contributed by atoms with van der Waals surface area (Å²) in [5.74, 6) is 0.874. The number of benzene rings is 1. The molecule has 1 aromatic heterocycles. The van der Waals surface area contributed by atoms with Gasteiger partial charge in [0, 0.05) is 12.3 Å². The largest absolute Gasteiger partial charge is 0.316 e. The van der Waals surface area contributed by atoms with Gasteiger partial charge in [-0.3, -0.25) is 10.1 Å². The van der Waals surface area contributed by atoms with Crippen LogP contribution in [0.4, 0.5) is 5.13 Å². The second-order valence-corrected chi connectivity index (χ2v) is 8.29. The highest BCUT2D eigenvalue weighted by Crippen LogP contribution is 2.31. The first-order valence-electron chi connectivity index (χ1n) is 7.59. The molecule has 1 fully saturated rings. The van der Waals surface area contributed by atoms with E-state index in [1.807, 2.05) is 6.92 Å². The van der Waals surface area contributed by atoms with Gasteiger partial charge in [0.2, 0.25) is 11.0 Å². The fourth-order valence-corrected chi connectivity index (χ4v) is 4.11. The maximum absolute atomic E-state index is 12.3. The molecular formula is C16H20N4OS2. The number of hydrogen-bond donors (Lipinski definition) is 2. The summed E-state index contributed by atoms with van der Waals surface area (Å²) in [7, 11) is 0. The molecule has 3 rings (SSSR count). The molecule has 1 aliphatic heterocycles. The number of carbonyl (C=O) groups is 1. The van der Waals surface area contributed by atoms with Crippen molar-refractivity contribution in [2.45, 2.75) is 30.4 Å². The molecule has 0 radical (unpaired) electrons. The molecule has 1 aromatic carbocycles. The molecule has 0 spiro atoms. The maximum Gasteiger partial charge on any atom is 0.233 e. The third-order valence-corrected chi connectivity index (χ3v) is 6.07. The van der Waals surface area contributed by atoms with Crippen LogP contribution in [0.1, 0.15) is 24.5 Å². The van der Waals surface area contributed by atoms with Gasteiger partial charge >= 0.3 is 0 Å². The molecule has 122 valence electrons. The Bertz CT molecular complexity index is 678. The standard InChI is InChI=1S/C16H20N4OS2/c1-11-3-5-12(6-4-11)9-22-15-20-19-14(23-15)18-13(21)16(2)7-8-17-10-16/h3-6,17H,7-10H2,1-2H3,(H,18,19,21)/t16-/m1/s1. The normalized spacial score (nSPS) is 20.6. The van der Waals surface area contributed by atoms with Crippen molar-refractivity contribution >= 4 is 34.1 Å². The van der Waals surface area contributed by atoms with Crippen LogP contribution in [0.15, 0.2) is 28.6 Å². The zero-order valence-corrected chi connectivity index (χ0v) is 14.9. The second kappa shape index (κ2) is 6.98. The van der Waals surface area contributed by atoms with Gasteiger partial charge in [-0.1, -0.05) is 52.9 Å². The lowest BCUT2D eigenvalue weighted by Gasteiger charge is -2.20. The zero-order chi connectivity index (χ0) is 16.3. The monoisotopic (exact) mass is 348 g/mol. The minimum Gasteiger partial charge on any atom is -0.316 e. The van der Waals surface area contributed by atoms with Crippen LogP contribution in [-0.4, -0.2) is 29.2 Å². The van der Waals surface area contributed by atoms with Crippen molar-refractivity contribution in [3.8, 4) is 0 Å². The molecule has 23 heavy (non-hydrogen) atoms. The summed E-state index contributed by atoms with van der Waals surface area (Å²) in [6.07, 6.45) is 0.854. The molecule has 0 bridgehead atoms. The van der Waals surface area contributed by atoms with E-state index in [0.717, 1.165) is 23.1 Å². The molecular weight excluding hydrogens is 328 g/mol. The van der Waals surface area contributed by atoms with E-state index < -0.39 is 0 Å². The van der Waals surface area contributed by atoms with Crippen LogP contribution in [0.25, 0.3) is 0 Å². The van der Waals surface area contributed by atoms with E-state index in [-0.39, 0.29) is 11.3 Å². The first-order valence-corrected chi connectivity index (χ1v) is 9.39. The highest BCUT2D eigenvalue weighted by atomic mass is 32.2. The van der Waals surface area contributed by atoms with Crippen molar-refractivity contribution in [1.29, 1.82) is 0 Å². The van der Waals surface area contributed by atoms with Gasteiger partial charge in [0.1, 0.15) is 0 Å². The van der Waals surface area contributed by atoms with Gasteiger partial charge in [0.25, 0.3) is 0 Å². The predicted molar refractivity (Wildman–Crippen MR) is 94.9 cm³/mol. The molecule has 1 aliphatic rings. The Balaban J connectivity index is 1.55. The summed E-state index contributed by atoms with van der Waals surface area (Å²) in [6, 6.07) is 8.47. The highest BCUT2D eigenvalue weighted by Gasteiger charge is 2.36. The van der Waals surface area contributed by atoms with Crippen LogP contribution in [0, 0.1) is 12.3 Å². The van der Waals surface area contributed by atoms with Crippen molar-refractivity contribution in [3.63, 3.8) is 0 Å². The number of thioether (sulfide) groups is 1. The van der Waals surface area contributed by atoms with Crippen LogP contribution < -0.4 is 10.6 Å². The lowest BCUT2D eigenvalue weighted by atomic mass is 9.89. The molecule has 5 nitrogen and oxygen atoms in total. The van der Waals surface area contributed by atoms with Crippen molar-refractivity contribution < 1.29 is 4.79 Å². The van der Waals surface area contributed by atoms with Crippen LogP contribution in [0.5, 0.6) is 0 Å². The zero-order valence-electron chi connectivity index (χ0n) is 13.3. The van der Waals surface area contributed by atoms with Gasteiger partial charge in [-0.25, -0.2) is 0 Å². The summed E-state index contributed by atoms with van der Waals surface area (Å²) < 4.78 is 0.871. The Labute approximate surface area is 144 Å². The van der Waals surface area contributed by atoms with Gasteiger partial charge in [-0.2, -0.15) is 0 Å². The number of rotatable bonds is 5. The van der Waals surface area contributed by atoms with E-state index in [2.05, 4.69) is 52.0 Å². The van der Waals surface area contributed by atoms with Gasteiger partial charge in [0.05, 0.1) is 5.41 Å². The Morgan fingerprint density at radius 2 is 2.17 bits per heavy atom. The lowest BCUT2D eigenvalue weighted by Crippen LogP contribution is -2.35. The molecule has 0 aliphatic carbocycles. The van der Waals surface area contributed by atoms with Crippen LogP contribution >= 0.6 is 23.1 Å². The average molecular weight is 348 g/mol. The lowest BCUT2D eigenvalue weighted by molar-refractivity contribution is -0.123. The van der Waals surface area contributed by atoms with E-state index in [1.165, 1.54) is 22.5 Å². The Kier molecular flexibility index (Phi) is 4.99. The predicted octanol–water partition coefficient (Wildman–Crippen LogP) is 3.08. The molecule has 1 atom stereocenters. The van der Waals surface area contributed by atoms with Crippen molar-refractivity contribution in [2.75, 3.05) is 18.4 Å². The smallest absolute Gasteiger partial charge is 0.233 e. The summed E-state index contributed by atoms with van der Waals surface area (Å²) in [5, 5.41) is 14.9. The topological polar surface area (TPSA) is 66.9 Å². The average Bonchev–Trinajstić information content (AvgIpc) is 3.17. The van der Waals surface area contributed by atoms with E-state index >= 15 is 0 Å². The molecule has 1 saturated heterocycles. The molecule has 2 aromatic rings. The number of aryl methyl sites for hydroxylation is 1. The Morgan fingerprint density at radius 3 is 2.87 bits per heavy atom. The number of amides is 1. The van der Waals surface area contributed by atoms with Gasteiger partial charge in [0.15, 0.2) is 4.34 Å². The number of hydrogen-bond acceptors (Lipinski definition) is 6. The minimum absolute atomic E-state index is 0.0220. The fourth-order valence-electron chi connectivity index (χ4n) is 2.41. The Hall–Kier alpha value is -1.44. The molecule has 2 heterocycles. The third-order valence-electron chi connectivity index (χ3n) is 4.03. The fraction of sp³-hybridized carbons (Fsp3) is 0.438. The van der Waals surface area contributed by atoms with Gasteiger partial charge in [-0.15, -0.1) is 10.2 Å². The molecule has 1 amide bonds. The molecule has 0 saturated carbocycles. The number of nitrogens with zero attached hydrogens (tertiary/aromatic N) is 2. The highest BCUT2D eigenvalue weighted by molar-refractivity contribution is 8.00. The summed E-state index contributed by atoms with van der Waals surface area (Å²) >= 11 is 3.07. The number of anilines is 1. The van der Waals surface area contributed by atoms with E-state index in [9.17, 15) is 4.79 Å². The molecule has 2 N–H and O–H groups in total. The molecule has 7 heteroatoms. The minimum atomic E-state index is -0.346. The van der Waals surface area contributed by atoms with Gasteiger partial charge in [-0.05, 0) is 32.4 Å². The van der Waals surface area contributed by atoms with E-state index in [0.29, 0.717) is 11.7 Å². The van der Waals surface area contributed by atoms with E-state index in [4.69, 9.17) is 0 Å². The van der Waals surface area contributed by atoms with Crippen molar-refractivity contribution in [3.05, 3.63) is 35.4 Å². The summed E-state index contributed by atoms with van der Waals surface area (Å²) in [4.78, 5) is 12.3. The summed E-state index contributed by atoms with van der Waals surface area (Å²) in [6.45, 7) is 5.66. The Morgan fingerprint density at radius 1 is 1.39 bits per heavy atom. The maximum atomic E-state index is 12.3. The summed E-state index contributed by atoms with van der Waals surface area (Å²) in [5.41, 5.74) is 2.17. The number of carbonyl (C=O) groups excluding carboxylic acids is 1. The first-order chi connectivity index (χ1) is 11.0. The third kappa shape index (κ3) is 4.10. The van der Waals surface area contributed by atoms with Crippen LogP contribution in [-0.2, 0) is 10.5 Å². The first kappa shape index (κ1) is 16.4. The van der Waals surface area contributed by atoms with E-state index in [1.54, 1.807) is 11.8 Å². The molecule has 0 unspecified atom stereocenters. The second-order valence-electron chi connectivity index (χ2n) is 6.09. The van der Waals surface area contributed by atoms with Gasteiger partial charge < -0.3 is 5.32 Å². The van der Waals surface area contributed by atoms with Crippen molar-refractivity contribution in [2.24, 2.45) is 5.41 Å². The van der Waals surface area contributed by atoms with Crippen molar-refractivity contribution in [1.82, 2.24) is 15.5 Å². The SMILES string of the molecule is Cc1ccc(CSc2nnc(NC(=O)[C@]3(C)CCNC3)s2)cc1. The van der Waals surface area contributed by atoms with Crippen LogP contribution in [0.2, 0.25) is 0 Å².